The van der Waals surface area contributed by atoms with Gasteiger partial charge in [-0.1, -0.05) is 23.8 Å². The van der Waals surface area contributed by atoms with Crippen molar-refractivity contribution < 1.29 is 9.84 Å². The lowest BCUT2D eigenvalue weighted by molar-refractivity contribution is 0.0590. The van der Waals surface area contributed by atoms with Gasteiger partial charge in [0.2, 0.25) is 0 Å². The molecule has 2 rings (SSSR count). The second-order valence-electron chi connectivity index (χ2n) is 5.15. The van der Waals surface area contributed by atoms with Crippen molar-refractivity contribution in [2.75, 3.05) is 20.3 Å². The molecule has 0 amide bonds. The van der Waals surface area contributed by atoms with Gasteiger partial charge < -0.3 is 15.2 Å². The average molecular weight is 249 g/mol. The molecule has 3 nitrogen and oxygen atoms in total. The highest BCUT2D eigenvalue weighted by Gasteiger charge is 2.21. The smallest absolute Gasteiger partial charge is 0.0785 e. The lowest BCUT2D eigenvalue weighted by atomic mass is 10.0. The topological polar surface area (TPSA) is 41.5 Å². The predicted octanol–water partition coefficient (Wildman–Crippen LogP) is 1.97. The van der Waals surface area contributed by atoms with E-state index in [4.69, 9.17) is 4.74 Å². The Labute approximate surface area is 109 Å². The number of ether oxygens (including phenoxy) is 1. The van der Waals surface area contributed by atoms with Crippen LogP contribution in [0.3, 0.4) is 0 Å². The molecule has 2 unspecified atom stereocenters. The summed E-state index contributed by atoms with van der Waals surface area (Å²) in [5.41, 5.74) is 4.23. The van der Waals surface area contributed by atoms with Crippen molar-refractivity contribution in [2.45, 2.75) is 38.3 Å². The van der Waals surface area contributed by atoms with Crippen LogP contribution < -0.4 is 5.32 Å². The molecule has 2 N–H and O–H groups in total. The normalized spacial score (nSPS) is 19.8. The summed E-state index contributed by atoms with van der Waals surface area (Å²) in [7, 11) is 1.62. The number of aliphatic hydroxyl groups is 1. The summed E-state index contributed by atoms with van der Waals surface area (Å²) in [5.74, 6) is 0. The number of aliphatic hydroxyl groups excluding tert-OH is 1. The van der Waals surface area contributed by atoms with Crippen LogP contribution in [0.2, 0.25) is 0 Å². The third-order valence-corrected chi connectivity index (χ3v) is 3.61. The van der Waals surface area contributed by atoms with Gasteiger partial charge in [0.1, 0.15) is 0 Å². The van der Waals surface area contributed by atoms with Gasteiger partial charge in [0.05, 0.1) is 12.7 Å². The summed E-state index contributed by atoms with van der Waals surface area (Å²) < 4.78 is 4.92. The molecule has 0 radical (unpaired) electrons. The molecule has 1 aromatic rings. The highest BCUT2D eigenvalue weighted by Crippen LogP contribution is 2.31. The fourth-order valence-corrected chi connectivity index (χ4v) is 2.63. The van der Waals surface area contributed by atoms with Crippen LogP contribution in [0.25, 0.3) is 0 Å². The lowest BCUT2D eigenvalue weighted by Crippen LogP contribution is -2.25. The Bertz CT molecular complexity index is 392. The Morgan fingerprint density at radius 1 is 1.50 bits per heavy atom. The van der Waals surface area contributed by atoms with E-state index in [1.165, 1.54) is 23.1 Å². The van der Waals surface area contributed by atoms with Gasteiger partial charge in [-0.3, -0.25) is 0 Å². The molecule has 0 bridgehead atoms. The SMILES string of the molecule is COCC(O)CCNC1CCc2ccc(C)cc21. The molecule has 0 aromatic heterocycles. The van der Waals surface area contributed by atoms with Crippen LogP contribution in [-0.2, 0) is 11.2 Å². The van der Waals surface area contributed by atoms with Crippen LogP contribution in [0.1, 0.15) is 35.6 Å². The summed E-state index contributed by atoms with van der Waals surface area (Å²) in [6.45, 7) is 3.39. The third-order valence-electron chi connectivity index (χ3n) is 3.61. The van der Waals surface area contributed by atoms with E-state index in [-0.39, 0.29) is 6.10 Å². The standard InChI is InChI=1S/C15H23NO2/c1-11-3-4-12-5-6-15(14(12)9-11)16-8-7-13(17)10-18-2/h3-4,9,13,15-17H,5-8,10H2,1-2H3. The van der Waals surface area contributed by atoms with Gasteiger partial charge in [-0.25, -0.2) is 0 Å². The minimum atomic E-state index is -0.360. The first kappa shape index (κ1) is 13.5. The van der Waals surface area contributed by atoms with Gasteiger partial charge in [0.25, 0.3) is 0 Å². The molecular formula is C15H23NO2. The van der Waals surface area contributed by atoms with Gasteiger partial charge in [-0.05, 0) is 43.9 Å². The zero-order valence-electron chi connectivity index (χ0n) is 11.3. The van der Waals surface area contributed by atoms with E-state index in [1.807, 2.05) is 0 Å². The van der Waals surface area contributed by atoms with Crippen LogP contribution in [0.4, 0.5) is 0 Å². The van der Waals surface area contributed by atoms with Gasteiger partial charge in [-0.15, -0.1) is 0 Å². The minimum Gasteiger partial charge on any atom is -0.391 e. The Balaban J connectivity index is 1.84. The number of aryl methyl sites for hydroxylation is 2. The molecular weight excluding hydrogens is 226 g/mol. The predicted molar refractivity (Wildman–Crippen MR) is 72.7 cm³/mol. The maximum Gasteiger partial charge on any atom is 0.0785 e. The molecule has 100 valence electrons. The van der Waals surface area contributed by atoms with Gasteiger partial charge in [0, 0.05) is 13.2 Å². The third kappa shape index (κ3) is 3.31. The van der Waals surface area contributed by atoms with Crippen molar-refractivity contribution in [3.8, 4) is 0 Å². The molecule has 18 heavy (non-hydrogen) atoms. The quantitative estimate of drug-likeness (QED) is 0.810. The Morgan fingerprint density at radius 3 is 3.11 bits per heavy atom. The van der Waals surface area contributed by atoms with Crippen molar-refractivity contribution in [3.05, 3.63) is 34.9 Å². The maximum absolute atomic E-state index is 9.60. The Morgan fingerprint density at radius 2 is 2.33 bits per heavy atom. The van der Waals surface area contributed by atoms with Crippen molar-refractivity contribution in [1.82, 2.24) is 5.32 Å². The largest absolute Gasteiger partial charge is 0.391 e. The summed E-state index contributed by atoms with van der Waals surface area (Å²) in [6, 6.07) is 7.16. The highest BCUT2D eigenvalue weighted by atomic mass is 16.5. The van der Waals surface area contributed by atoms with Gasteiger partial charge in [0.15, 0.2) is 0 Å². The molecule has 1 aliphatic carbocycles. The van der Waals surface area contributed by atoms with Crippen molar-refractivity contribution >= 4 is 0 Å². The zero-order chi connectivity index (χ0) is 13.0. The van der Waals surface area contributed by atoms with Gasteiger partial charge >= 0.3 is 0 Å². The molecule has 0 heterocycles. The molecule has 3 heteroatoms. The first-order valence-electron chi connectivity index (χ1n) is 6.70. The van der Waals surface area contributed by atoms with E-state index in [1.54, 1.807) is 7.11 Å². The summed E-state index contributed by atoms with van der Waals surface area (Å²) in [5, 5.41) is 13.1. The number of benzene rings is 1. The molecule has 0 saturated carbocycles. The van der Waals surface area contributed by atoms with E-state index in [9.17, 15) is 5.11 Å². The number of nitrogens with one attached hydrogen (secondary N) is 1. The molecule has 1 aliphatic rings. The zero-order valence-corrected chi connectivity index (χ0v) is 11.3. The van der Waals surface area contributed by atoms with Gasteiger partial charge in [-0.2, -0.15) is 0 Å². The Hall–Kier alpha value is -0.900. The second-order valence-corrected chi connectivity index (χ2v) is 5.15. The lowest BCUT2D eigenvalue weighted by Gasteiger charge is -2.16. The van der Waals surface area contributed by atoms with Crippen LogP contribution in [-0.4, -0.2) is 31.5 Å². The molecule has 0 spiro atoms. The van der Waals surface area contributed by atoms with E-state index in [0.717, 1.165) is 19.4 Å². The van der Waals surface area contributed by atoms with E-state index < -0.39 is 0 Å². The molecule has 2 atom stereocenters. The van der Waals surface area contributed by atoms with Crippen molar-refractivity contribution in [1.29, 1.82) is 0 Å². The van der Waals surface area contributed by atoms with Crippen molar-refractivity contribution in [3.63, 3.8) is 0 Å². The average Bonchev–Trinajstić information content (AvgIpc) is 2.72. The molecule has 0 aliphatic heterocycles. The second kappa shape index (κ2) is 6.32. The van der Waals surface area contributed by atoms with E-state index in [0.29, 0.717) is 12.6 Å². The first-order valence-corrected chi connectivity index (χ1v) is 6.70. The molecule has 0 fully saturated rings. The maximum atomic E-state index is 9.60. The Kier molecular flexibility index (Phi) is 4.75. The number of fused-ring (bicyclic) bond motifs is 1. The first-order chi connectivity index (χ1) is 8.70. The fourth-order valence-electron chi connectivity index (χ4n) is 2.63. The number of rotatable bonds is 6. The van der Waals surface area contributed by atoms with Crippen LogP contribution in [0, 0.1) is 6.92 Å². The van der Waals surface area contributed by atoms with Crippen molar-refractivity contribution in [2.24, 2.45) is 0 Å². The highest BCUT2D eigenvalue weighted by molar-refractivity contribution is 5.37. The van der Waals surface area contributed by atoms with E-state index >= 15 is 0 Å². The summed E-state index contributed by atoms with van der Waals surface area (Å²) >= 11 is 0. The number of hydrogen-bond donors (Lipinski definition) is 2. The number of methoxy groups -OCH3 is 1. The minimum absolute atomic E-state index is 0.360. The monoisotopic (exact) mass is 249 g/mol. The molecule has 1 aromatic carbocycles. The van der Waals surface area contributed by atoms with Crippen LogP contribution in [0.15, 0.2) is 18.2 Å². The summed E-state index contributed by atoms with van der Waals surface area (Å²) in [4.78, 5) is 0. The number of hydrogen-bond acceptors (Lipinski definition) is 3. The molecule has 0 saturated heterocycles. The van der Waals surface area contributed by atoms with E-state index in [2.05, 4.69) is 30.4 Å². The van der Waals surface area contributed by atoms with Crippen LogP contribution in [0.5, 0.6) is 0 Å². The summed E-state index contributed by atoms with van der Waals surface area (Å²) in [6.07, 6.45) is 2.71. The fraction of sp³-hybridized carbons (Fsp3) is 0.600. The van der Waals surface area contributed by atoms with Crippen LogP contribution >= 0.6 is 0 Å².